The lowest BCUT2D eigenvalue weighted by atomic mass is 10.2. The lowest BCUT2D eigenvalue weighted by molar-refractivity contribution is 0.260. The Bertz CT molecular complexity index is 287. The molecule has 0 N–H and O–H groups in total. The minimum atomic E-state index is 0.119. The van der Waals surface area contributed by atoms with Crippen LogP contribution in [-0.2, 0) is 6.54 Å². The zero-order valence-corrected chi connectivity index (χ0v) is 9.55. The van der Waals surface area contributed by atoms with Gasteiger partial charge in [-0.25, -0.2) is 0 Å². The highest BCUT2D eigenvalue weighted by atomic mass is 32.1. The minimum Gasteiger partial charge on any atom is -0.298 e. The van der Waals surface area contributed by atoms with Crippen LogP contribution in [-0.4, -0.2) is 18.0 Å². The summed E-state index contributed by atoms with van der Waals surface area (Å²) in [6, 6.07) is 4.41. The molecule has 0 saturated carbocycles. The Balaban J connectivity index is 2.44. The van der Waals surface area contributed by atoms with Gasteiger partial charge in [-0.05, 0) is 35.9 Å². The van der Waals surface area contributed by atoms with Crippen LogP contribution in [0.3, 0.4) is 0 Å². The Hall–Kier alpha value is -0.850. The molecule has 0 aliphatic heterocycles. The second-order valence-electron chi connectivity index (χ2n) is 3.49. The van der Waals surface area contributed by atoms with Gasteiger partial charge in [0, 0.05) is 13.1 Å². The molecule has 1 heterocycles. The minimum absolute atomic E-state index is 0.119. The summed E-state index contributed by atoms with van der Waals surface area (Å²) in [4.78, 5) is 2.30. The molecular formula is C11H16N2S. The summed E-state index contributed by atoms with van der Waals surface area (Å²) in [6.07, 6.45) is 0. The molecule has 0 aliphatic rings. The van der Waals surface area contributed by atoms with Gasteiger partial charge < -0.3 is 0 Å². The second kappa shape index (κ2) is 5.79. The standard InChI is InChI=1S/C11H16N2S/c1-3-13(7-10(2)6-12)8-11-4-5-14-9-11/h4-5,9-10H,3,7-8H2,1-2H3. The van der Waals surface area contributed by atoms with E-state index >= 15 is 0 Å². The molecule has 76 valence electrons. The summed E-state index contributed by atoms with van der Waals surface area (Å²) in [5.41, 5.74) is 1.35. The first-order chi connectivity index (χ1) is 6.76. The third-order valence-electron chi connectivity index (χ3n) is 2.19. The number of nitriles is 1. The van der Waals surface area contributed by atoms with Gasteiger partial charge in [-0.1, -0.05) is 6.92 Å². The van der Waals surface area contributed by atoms with Crippen LogP contribution in [0.4, 0.5) is 0 Å². The zero-order valence-electron chi connectivity index (χ0n) is 8.73. The van der Waals surface area contributed by atoms with Crippen LogP contribution < -0.4 is 0 Å². The Labute approximate surface area is 89.8 Å². The molecule has 0 amide bonds. The number of hydrogen-bond acceptors (Lipinski definition) is 3. The highest BCUT2D eigenvalue weighted by Gasteiger charge is 2.08. The smallest absolute Gasteiger partial charge is 0.0666 e. The molecule has 1 aromatic heterocycles. The van der Waals surface area contributed by atoms with E-state index in [0.29, 0.717) is 0 Å². The molecule has 2 nitrogen and oxygen atoms in total. The molecule has 0 bridgehead atoms. The number of rotatable bonds is 5. The zero-order chi connectivity index (χ0) is 10.4. The van der Waals surface area contributed by atoms with Crippen LogP contribution in [0, 0.1) is 17.2 Å². The monoisotopic (exact) mass is 208 g/mol. The summed E-state index contributed by atoms with van der Waals surface area (Å²) in [5, 5.41) is 13.0. The van der Waals surface area contributed by atoms with Crippen molar-refractivity contribution < 1.29 is 0 Å². The van der Waals surface area contributed by atoms with Crippen LogP contribution in [0.15, 0.2) is 16.8 Å². The average molecular weight is 208 g/mol. The number of thiophene rings is 1. The molecule has 1 unspecified atom stereocenters. The van der Waals surface area contributed by atoms with E-state index in [-0.39, 0.29) is 5.92 Å². The maximum Gasteiger partial charge on any atom is 0.0666 e. The third kappa shape index (κ3) is 3.49. The molecule has 0 aromatic carbocycles. The molecule has 1 atom stereocenters. The van der Waals surface area contributed by atoms with Crippen molar-refractivity contribution in [2.45, 2.75) is 20.4 Å². The SMILES string of the molecule is CCN(Cc1ccsc1)CC(C)C#N. The molecule has 3 heteroatoms. The lowest BCUT2D eigenvalue weighted by Crippen LogP contribution is -2.27. The normalized spacial score (nSPS) is 12.7. The van der Waals surface area contributed by atoms with E-state index in [9.17, 15) is 0 Å². The largest absolute Gasteiger partial charge is 0.298 e. The van der Waals surface area contributed by atoms with Crippen molar-refractivity contribution in [3.63, 3.8) is 0 Å². The number of hydrogen-bond donors (Lipinski definition) is 0. The van der Waals surface area contributed by atoms with Gasteiger partial charge in [0.25, 0.3) is 0 Å². The van der Waals surface area contributed by atoms with E-state index in [1.807, 2.05) is 6.92 Å². The molecule has 14 heavy (non-hydrogen) atoms. The van der Waals surface area contributed by atoms with E-state index in [2.05, 4.69) is 34.7 Å². The van der Waals surface area contributed by atoms with Gasteiger partial charge in [-0.15, -0.1) is 0 Å². The van der Waals surface area contributed by atoms with E-state index in [1.165, 1.54) is 5.56 Å². The van der Waals surface area contributed by atoms with Crippen molar-refractivity contribution in [1.29, 1.82) is 5.26 Å². The predicted molar refractivity (Wildman–Crippen MR) is 60.0 cm³/mol. The average Bonchev–Trinajstić information content (AvgIpc) is 2.69. The van der Waals surface area contributed by atoms with Gasteiger partial charge in [0.2, 0.25) is 0 Å². The van der Waals surface area contributed by atoms with Gasteiger partial charge >= 0.3 is 0 Å². The molecular weight excluding hydrogens is 192 g/mol. The lowest BCUT2D eigenvalue weighted by Gasteiger charge is -2.20. The summed E-state index contributed by atoms with van der Waals surface area (Å²) < 4.78 is 0. The van der Waals surface area contributed by atoms with Crippen molar-refractivity contribution in [1.82, 2.24) is 4.90 Å². The van der Waals surface area contributed by atoms with Crippen molar-refractivity contribution in [2.24, 2.45) is 5.92 Å². The molecule has 0 radical (unpaired) electrons. The molecule has 1 aromatic rings. The molecule has 0 saturated heterocycles. The van der Waals surface area contributed by atoms with Crippen molar-refractivity contribution >= 4 is 11.3 Å². The molecule has 0 aliphatic carbocycles. The quantitative estimate of drug-likeness (QED) is 0.744. The highest BCUT2D eigenvalue weighted by molar-refractivity contribution is 7.07. The van der Waals surface area contributed by atoms with E-state index in [1.54, 1.807) is 11.3 Å². The van der Waals surface area contributed by atoms with Gasteiger partial charge in [0.1, 0.15) is 0 Å². The van der Waals surface area contributed by atoms with Crippen LogP contribution in [0.5, 0.6) is 0 Å². The van der Waals surface area contributed by atoms with Gasteiger partial charge in [-0.2, -0.15) is 16.6 Å². The summed E-state index contributed by atoms with van der Waals surface area (Å²) in [5.74, 6) is 0.119. The van der Waals surface area contributed by atoms with Gasteiger partial charge in [0.15, 0.2) is 0 Å². The van der Waals surface area contributed by atoms with E-state index in [4.69, 9.17) is 5.26 Å². The van der Waals surface area contributed by atoms with Crippen LogP contribution in [0.1, 0.15) is 19.4 Å². The fourth-order valence-electron chi connectivity index (χ4n) is 1.37. The molecule has 0 fully saturated rings. The summed E-state index contributed by atoms with van der Waals surface area (Å²) in [7, 11) is 0. The Morgan fingerprint density at radius 3 is 2.93 bits per heavy atom. The van der Waals surface area contributed by atoms with Gasteiger partial charge in [0.05, 0.1) is 12.0 Å². The summed E-state index contributed by atoms with van der Waals surface area (Å²) in [6.45, 7) is 6.93. The topological polar surface area (TPSA) is 27.0 Å². The number of nitrogens with zero attached hydrogens (tertiary/aromatic N) is 2. The van der Waals surface area contributed by atoms with Crippen molar-refractivity contribution in [3.05, 3.63) is 22.4 Å². The fourth-order valence-corrected chi connectivity index (χ4v) is 2.03. The predicted octanol–water partition coefficient (Wildman–Crippen LogP) is 2.73. The van der Waals surface area contributed by atoms with E-state index in [0.717, 1.165) is 19.6 Å². The maximum absolute atomic E-state index is 8.73. The third-order valence-corrected chi connectivity index (χ3v) is 2.92. The maximum atomic E-state index is 8.73. The first-order valence-corrected chi connectivity index (χ1v) is 5.83. The first kappa shape index (κ1) is 11.2. The fraction of sp³-hybridized carbons (Fsp3) is 0.545. The highest BCUT2D eigenvalue weighted by Crippen LogP contribution is 2.10. The Morgan fingerprint density at radius 2 is 2.43 bits per heavy atom. The molecule has 1 rings (SSSR count). The van der Waals surface area contributed by atoms with E-state index < -0.39 is 0 Å². The van der Waals surface area contributed by atoms with Crippen LogP contribution >= 0.6 is 11.3 Å². The molecule has 0 spiro atoms. The Morgan fingerprint density at radius 1 is 1.64 bits per heavy atom. The van der Waals surface area contributed by atoms with Crippen molar-refractivity contribution in [2.75, 3.05) is 13.1 Å². The second-order valence-corrected chi connectivity index (χ2v) is 4.27. The summed E-state index contributed by atoms with van der Waals surface area (Å²) >= 11 is 1.73. The van der Waals surface area contributed by atoms with Gasteiger partial charge in [-0.3, -0.25) is 4.90 Å². The first-order valence-electron chi connectivity index (χ1n) is 4.89. The van der Waals surface area contributed by atoms with Crippen molar-refractivity contribution in [3.8, 4) is 6.07 Å². The van der Waals surface area contributed by atoms with Crippen LogP contribution in [0.2, 0.25) is 0 Å². The van der Waals surface area contributed by atoms with Crippen LogP contribution in [0.25, 0.3) is 0 Å². The Kier molecular flexibility index (Phi) is 4.64.